The maximum Gasteiger partial charge on any atom is 0.305 e. The lowest BCUT2D eigenvalue weighted by atomic mass is 10.1. The number of carboxylic acid groups (broad SMARTS) is 1. The molecule has 3 rings (SSSR count). The lowest BCUT2D eigenvalue weighted by molar-refractivity contribution is -0.137. The van der Waals surface area contributed by atoms with Gasteiger partial charge in [0.05, 0.1) is 31.3 Å². The Morgan fingerprint density at radius 2 is 1.93 bits per heavy atom. The highest BCUT2D eigenvalue weighted by Crippen LogP contribution is 2.21. The van der Waals surface area contributed by atoms with E-state index in [0.717, 1.165) is 5.56 Å². The number of anilines is 1. The average Bonchev–Trinajstić information content (AvgIpc) is 3.22. The highest BCUT2D eigenvalue weighted by atomic mass is 35.5. The van der Waals surface area contributed by atoms with Gasteiger partial charge in [0.1, 0.15) is 5.02 Å². The molecule has 0 aliphatic heterocycles. The van der Waals surface area contributed by atoms with Crippen molar-refractivity contribution in [2.24, 2.45) is 0 Å². The van der Waals surface area contributed by atoms with E-state index < -0.39 is 11.9 Å². The molecule has 1 amide bonds. The van der Waals surface area contributed by atoms with Crippen molar-refractivity contribution < 1.29 is 14.7 Å². The summed E-state index contributed by atoms with van der Waals surface area (Å²) in [6.07, 6.45) is 4.43. The van der Waals surface area contributed by atoms with E-state index in [1.165, 1.54) is 22.6 Å². The second kappa shape index (κ2) is 8.05. The minimum absolute atomic E-state index is 0.0714. The lowest BCUT2D eigenvalue weighted by Crippen LogP contribution is -2.12. The molecule has 27 heavy (non-hydrogen) atoms. The van der Waals surface area contributed by atoms with Gasteiger partial charge in [-0.2, -0.15) is 10.2 Å². The van der Waals surface area contributed by atoms with Gasteiger partial charge in [-0.1, -0.05) is 41.4 Å². The van der Waals surface area contributed by atoms with E-state index in [0.29, 0.717) is 17.1 Å². The quantitative estimate of drug-likeness (QED) is 0.649. The first-order valence-corrected chi connectivity index (χ1v) is 8.62. The van der Waals surface area contributed by atoms with Crippen molar-refractivity contribution in [3.05, 3.63) is 64.6 Å². The third kappa shape index (κ3) is 4.95. The van der Waals surface area contributed by atoms with Crippen LogP contribution in [0.2, 0.25) is 5.02 Å². The van der Waals surface area contributed by atoms with Crippen LogP contribution in [0.1, 0.15) is 27.9 Å². The molecule has 0 atom stereocenters. The summed E-state index contributed by atoms with van der Waals surface area (Å²) >= 11 is 6.17. The van der Waals surface area contributed by atoms with Crippen molar-refractivity contribution in [3.63, 3.8) is 0 Å². The van der Waals surface area contributed by atoms with Crippen LogP contribution in [-0.4, -0.2) is 36.5 Å². The summed E-state index contributed by atoms with van der Waals surface area (Å²) in [5.74, 6) is -1.09. The highest BCUT2D eigenvalue weighted by molar-refractivity contribution is 6.33. The summed E-state index contributed by atoms with van der Waals surface area (Å²) in [5.41, 5.74) is 2.54. The fourth-order valence-electron chi connectivity index (χ4n) is 2.44. The third-order valence-electron chi connectivity index (χ3n) is 3.86. The maximum absolute atomic E-state index is 12.3. The first-order valence-electron chi connectivity index (χ1n) is 8.25. The van der Waals surface area contributed by atoms with Crippen molar-refractivity contribution in [2.45, 2.75) is 26.4 Å². The Morgan fingerprint density at radius 3 is 2.63 bits per heavy atom. The van der Waals surface area contributed by atoms with Gasteiger partial charge in [0.25, 0.3) is 5.91 Å². The molecule has 0 aliphatic rings. The van der Waals surface area contributed by atoms with Crippen LogP contribution in [0.15, 0.2) is 42.9 Å². The van der Waals surface area contributed by atoms with E-state index in [4.69, 9.17) is 16.7 Å². The number of hydrogen-bond acceptors (Lipinski definition) is 4. The summed E-state index contributed by atoms with van der Waals surface area (Å²) in [6.45, 7) is 2.74. The number of benzene rings is 1. The van der Waals surface area contributed by atoms with Crippen LogP contribution in [-0.2, 0) is 17.9 Å². The van der Waals surface area contributed by atoms with Gasteiger partial charge in [0.2, 0.25) is 0 Å². The highest BCUT2D eigenvalue weighted by Gasteiger charge is 2.14. The topological polar surface area (TPSA) is 102 Å². The van der Waals surface area contributed by atoms with E-state index in [-0.39, 0.29) is 18.8 Å². The number of hydrogen-bond donors (Lipinski definition) is 2. The fraction of sp³-hybridized carbons (Fsp3) is 0.222. The van der Waals surface area contributed by atoms with Crippen LogP contribution in [0.25, 0.3) is 0 Å². The molecule has 0 aliphatic carbocycles. The van der Waals surface area contributed by atoms with E-state index >= 15 is 0 Å². The number of aryl methyl sites for hydroxylation is 2. The van der Waals surface area contributed by atoms with Gasteiger partial charge in [-0.3, -0.25) is 19.0 Å². The average molecular weight is 388 g/mol. The van der Waals surface area contributed by atoms with Crippen molar-refractivity contribution in [1.82, 2.24) is 19.6 Å². The Kier molecular flexibility index (Phi) is 5.56. The van der Waals surface area contributed by atoms with Crippen molar-refractivity contribution in [2.75, 3.05) is 5.32 Å². The van der Waals surface area contributed by atoms with E-state index in [2.05, 4.69) is 15.5 Å². The minimum Gasteiger partial charge on any atom is -0.481 e. The molecular formula is C18H18ClN5O3. The van der Waals surface area contributed by atoms with Gasteiger partial charge in [0, 0.05) is 12.4 Å². The second-order valence-electron chi connectivity index (χ2n) is 6.10. The normalized spacial score (nSPS) is 10.7. The molecule has 2 heterocycles. The van der Waals surface area contributed by atoms with Crippen LogP contribution < -0.4 is 5.32 Å². The zero-order valence-electron chi connectivity index (χ0n) is 14.6. The Morgan fingerprint density at radius 1 is 1.19 bits per heavy atom. The van der Waals surface area contributed by atoms with Gasteiger partial charge < -0.3 is 10.4 Å². The Labute approximate surface area is 160 Å². The molecule has 2 aromatic heterocycles. The molecule has 0 fully saturated rings. The molecule has 3 aromatic rings. The van der Waals surface area contributed by atoms with E-state index in [1.807, 2.05) is 31.2 Å². The summed E-state index contributed by atoms with van der Waals surface area (Å²) < 4.78 is 3.06. The summed E-state index contributed by atoms with van der Waals surface area (Å²) in [5, 5.41) is 19.9. The summed E-state index contributed by atoms with van der Waals surface area (Å²) in [7, 11) is 0. The molecule has 9 heteroatoms. The summed E-state index contributed by atoms with van der Waals surface area (Å²) in [4.78, 5) is 22.9. The Hall–Kier alpha value is -3.13. The molecule has 0 saturated heterocycles. The van der Waals surface area contributed by atoms with E-state index in [9.17, 15) is 9.59 Å². The molecule has 1 aromatic carbocycles. The SMILES string of the molecule is Cc1ccc(Cn2cc(Cl)c(NC(=O)c3cnn(CCC(=O)O)c3)n2)cc1. The molecule has 8 nitrogen and oxygen atoms in total. The number of rotatable bonds is 7. The smallest absolute Gasteiger partial charge is 0.305 e. The van der Waals surface area contributed by atoms with Gasteiger partial charge in [-0.05, 0) is 12.5 Å². The van der Waals surface area contributed by atoms with Crippen LogP contribution in [0.3, 0.4) is 0 Å². The second-order valence-corrected chi connectivity index (χ2v) is 6.51. The van der Waals surface area contributed by atoms with Crippen LogP contribution in [0.5, 0.6) is 0 Å². The number of nitrogens with one attached hydrogen (secondary N) is 1. The minimum atomic E-state index is -0.928. The first kappa shape index (κ1) is 18.7. The molecule has 140 valence electrons. The van der Waals surface area contributed by atoms with Gasteiger partial charge in [0.15, 0.2) is 5.82 Å². The lowest BCUT2D eigenvalue weighted by Gasteiger charge is -2.03. The predicted molar refractivity (Wildman–Crippen MR) is 100.0 cm³/mol. The number of amides is 1. The molecule has 0 unspecified atom stereocenters. The first-order chi connectivity index (χ1) is 12.9. The number of halogens is 1. The predicted octanol–water partition coefficient (Wildman–Crippen LogP) is 2.82. The van der Waals surface area contributed by atoms with Crippen molar-refractivity contribution in [1.29, 1.82) is 0 Å². The molecular weight excluding hydrogens is 370 g/mol. The van der Waals surface area contributed by atoms with Crippen LogP contribution >= 0.6 is 11.6 Å². The number of aromatic nitrogens is 4. The molecule has 2 N–H and O–H groups in total. The van der Waals surface area contributed by atoms with Gasteiger partial charge in [-0.25, -0.2) is 0 Å². The van der Waals surface area contributed by atoms with Crippen molar-refractivity contribution >= 4 is 29.3 Å². The Bertz CT molecular complexity index is 962. The number of nitrogens with zero attached hydrogens (tertiary/aromatic N) is 4. The van der Waals surface area contributed by atoms with Crippen LogP contribution in [0.4, 0.5) is 5.82 Å². The third-order valence-corrected chi connectivity index (χ3v) is 4.14. The van der Waals surface area contributed by atoms with Crippen LogP contribution in [0, 0.1) is 6.92 Å². The number of carboxylic acids is 1. The summed E-state index contributed by atoms with van der Waals surface area (Å²) in [6, 6.07) is 8.06. The molecule has 0 bridgehead atoms. The van der Waals surface area contributed by atoms with E-state index in [1.54, 1.807) is 10.9 Å². The number of carbonyl (C=O) groups excluding carboxylic acids is 1. The fourth-order valence-corrected chi connectivity index (χ4v) is 2.63. The zero-order chi connectivity index (χ0) is 19.4. The Balaban J connectivity index is 1.65. The molecule has 0 saturated carbocycles. The standard InChI is InChI=1S/C18H18ClN5O3/c1-12-2-4-13(5-3-12)9-24-11-15(19)17(22-24)21-18(27)14-8-20-23(10-14)7-6-16(25)26/h2-5,8,10-11H,6-7,9H2,1H3,(H,25,26)(H,21,22,27). The number of carbonyl (C=O) groups is 2. The maximum atomic E-state index is 12.3. The largest absolute Gasteiger partial charge is 0.481 e. The monoisotopic (exact) mass is 387 g/mol. The zero-order valence-corrected chi connectivity index (χ0v) is 15.3. The van der Waals surface area contributed by atoms with Gasteiger partial charge >= 0.3 is 5.97 Å². The van der Waals surface area contributed by atoms with Crippen molar-refractivity contribution in [3.8, 4) is 0 Å². The molecule has 0 radical (unpaired) electrons. The molecule has 0 spiro atoms. The number of aliphatic carboxylic acids is 1. The van der Waals surface area contributed by atoms with Gasteiger partial charge in [-0.15, -0.1) is 0 Å².